The third-order valence-electron chi connectivity index (χ3n) is 7.62. The van der Waals surface area contributed by atoms with Crippen molar-refractivity contribution in [3.8, 4) is 17.7 Å². The van der Waals surface area contributed by atoms with Gasteiger partial charge < -0.3 is 4.52 Å². The summed E-state index contributed by atoms with van der Waals surface area (Å²) in [5, 5.41) is 16.4. The van der Waals surface area contributed by atoms with E-state index in [9.17, 15) is 10.1 Å². The summed E-state index contributed by atoms with van der Waals surface area (Å²) in [6, 6.07) is 3.89. The summed E-state index contributed by atoms with van der Waals surface area (Å²) in [7, 11) is 0. The first-order valence-electron chi connectivity index (χ1n) is 11.6. The minimum atomic E-state index is -0.850. The van der Waals surface area contributed by atoms with Crippen LogP contribution < -0.4 is 0 Å². The summed E-state index contributed by atoms with van der Waals surface area (Å²) in [6.45, 7) is 0. The first-order valence-corrected chi connectivity index (χ1v) is 12.5. The standard InChI is InChI=1S/C24H24N6O2S/c25-12-17(18(31)2-3-20-29-22(30-32-20)21-26-4-1-5-27-21)23-28-19(13-33-23)24-9-14-6-15(10-24)8-16(7-14)11-24/h1,4-5,13-17H,2-3,6-11H2. The van der Waals surface area contributed by atoms with Crippen LogP contribution in [0.4, 0.5) is 0 Å². The van der Waals surface area contributed by atoms with Crippen molar-refractivity contribution in [2.45, 2.75) is 62.7 Å². The van der Waals surface area contributed by atoms with Crippen LogP contribution in [0.2, 0.25) is 0 Å². The zero-order valence-corrected chi connectivity index (χ0v) is 19.0. The Morgan fingerprint density at radius 2 is 1.82 bits per heavy atom. The van der Waals surface area contributed by atoms with Crippen molar-refractivity contribution in [3.63, 3.8) is 0 Å². The van der Waals surface area contributed by atoms with Gasteiger partial charge in [-0.15, -0.1) is 11.3 Å². The summed E-state index contributed by atoms with van der Waals surface area (Å²) >= 11 is 1.46. The number of carbonyl (C=O) groups excluding carboxylic acids is 1. The molecular weight excluding hydrogens is 436 g/mol. The predicted molar refractivity (Wildman–Crippen MR) is 119 cm³/mol. The van der Waals surface area contributed by atoms with Gasteiger partial charge in [-0.25, -0.2) is 15.0 Å². The van der Waals surface area contributed by atoms with E-state index in [0.717, 1.165) is 23.4 Å². The summed E-state index contributed by atoms with van der Waals surface area (Å²) < 4.78 is 5.24. The maximum absolute atomic E-state index is 12.9. The van der Waals surface area contributed by atoms with E-state index in [2.05, 4.69) is 31.6 Å². The average Bonchev–Trinajstić information content (AvgIpc) is 3.49. The van der Waals surface area contributed by atoms with E-state index < -0.39 is 5.92 Å². The molecule has 7 rings (SSSR count). The first-order chi connectivity index (χ1) is 16.1. The molecule has 3 aromatic rings. The van der Waals surface area contributed by atoms with Gasteiger partial charge in [0.15, 0.2) is 11.7 Å². The molecule has 4 fully saturated rings. The molecule has 3 aromatic heterocycles. The highest BCUT2D eigenvalue weighted by Crippen LogP contribution is 2.60. The van der Waals surface area contributed by atoms with Gasteiger partial charge in [-0.1, -0.05) is 5.16 Å². The van der Waals surface area contributed by atoms with E-state index in [1.807, 2.05) is 0 Å². The van der Waals surface area contributed by atoms with Crippen molar-refractivity contribution >= 4 is 17.1 Å². The van der Waals surface area contributed by atoms with Gasteiger partial charge >= 0.3 is 0 Å². The third-order valence-corrected chi connectivity index (χ3v) is 8.53. The average molecular weight is 461 g/mol. The second kappa shape index (κ2) is 8.10. The number of thiazole rings is 1. The molecule has 0 saturated heterocycles. The Morgan fingerprint density at radius 1 is 1.12 bits per heavy atom. The number of nitrogens with zero attached hydrogens (tertiary/aromatic N) is 6. The topological polar surface area (TPSA) is 118 Å². The summed E-state index contributed by atoms with van der Waals surface area (Å²) in [5.41, 5.74) is 1.30. The van der Waals surface area contributed by atoms with Gasteiger partial charge in [0.25, 0.3) is 0 Å². The fourth-order valence-electron chi connectivity index (χ4n) is 6.59. The molecule has 8 nitrogen and oxygen atoms in total. The van der Waals surface area contributed by atoms with Gasteiger partial charge in [-0.3, -0.25) is 4.79 Å². The van der Waals surface area contributed by atoms with Crippen LogP contribution in [0, 0.1) is 29.1 Å². The van der Waals surface area contributed by atoms with E-state index in [1.54, 1.807) is 18.5 Å². The molecule has 33 heavy (non-hydrogen) atoms. The fourth-order valence-corrected chi connectivity index (χ4v) is 7.60. The van der Waals surface area contributed by atoms with Crippen molar-refractivity contribution in [2.24, 2.45) is 17.8 Å². The van der Waals surface area contributed by atoms with Crippen LogP contribution >= 0.6 is 11.3 Å². The van der Waals surface area contributed by atoms with Crippen LogP contribution in [0.15, 0.2) is 28.4 Å². The summed E-state index contributed by atoms with van der Waals surface area (Å²) in [5.74, 6) is 2.46. The lowest BCUT2D eigenvalue weighted by atomic mass is 9.49. The molecule has 0 spiro atoms. The molecular formula is C24H24N6O2S. The molecule has 3 heterocycles. The highest BCUT2D eigenvalue weighted by atomic mass is 32.1. The maximum Gasteiger partial charge on any atom is 0.240 e. The minimum Gasteiger partial charge on any atom is -0.339 e. The summed E-state index contributed by atoms with van der Waals surface area (Å²) in [6.07, 6.45) is 11.4. The smallest absolute Gasteiger partial charge is 0.240 e. The molecule has 168 valence electrons. The van der Waals surface area contributed by atoms with E-state index >= 15 is 0 Å². The molecule has 1 atom stereocenters. The molecule has 0 radical (unpaired) electrons. The first kappa shape index (κ1) is 20.6. The minimum absolute atomic E-state index is 0.141. The number of Topliss-reactive ketones (excluding diaryl/α,β-unsaturated/α-hetero) is 1. The number of hydrogen-bond donors (Lipinski definition) is 0. The highest BCUT2D eigenvalue weighted by Gasteiger charge is 2.52. The molecule has 1 unspecified atom stereocenters. The van der Waals surface area contributed by atoms with Gasteiger partial charge in [-0.05, 0) is 62.3 Å². The Labute approximate surface area is 195 Å². The van der Waals surface area contributed by atoms with Crippen molar-refractivity contribution in [3.05, 3.63) is 40.4 Å². The van der Waals surface area contributed by atoms with Crippen LogP contribution in [-0.4, -0.2) is 30.9 Å². The molecule has 9 heteroatoms. The molecule has 4 saturated carbocycles. The Bertz CT molecular complexity index is 1180. The molecule has 0 N–H and O–H groups in total. The third kappa shape index (κ3) is 3.76. The van der Waals surface area contributed by atoms with E-state index in [4.69, 9.17) is 9.51 Å². The molecule has 4 aliphatic carbocycles. The van der Waals surface area contributed by atoms with Gasteiger partial charge in [0.2, 0.25) is 17.5 Å². The second-order valence-electron chi connectivity index (χ2n) is 9.88. The maximum atomic E-state index is 12.9. The number of ketones is 1. The molecule has 0 amide bonds. The summed E-state index contributed by atoms with van der Waals surface area (Å²) in [4.78, 5) is 30.3. The molecule has 0 aliphatic heterocycles. The Balaban J connectivity index is 1.14. The number of hydrogen-bond acceptors (Lipinski definition) is 9. The van der Waals surface area contributed by atoms with E-state index in [1.165, 1.54) is 49.9 Å². The van der Waals surface area contributed by atoms with Crippen molar-refractivity contribution in [1.82, 2.24) is 25.1 Å². The van der Waals surface area contributed by atoms with Crippen LogP contribution in [0.5, 0.6) is 0 Å². The van der Waals surface area contributed by atoms with Gasteiger partial charge in [0, 0.05) is 36.0 Å². The Morgan fingerprint density at radius 3 is 2.48 bits per heavy atom. The quantitative estimate of drug-likeness (QED) is 0.513. The second-order valence-corrected chi connectivity index (χ2v) is 10.8. The van der Waals surface area contributed by atoms with Gasteiger partial charge in [-0.2, -0.15) is 10.2 Å². The lowest BCUT2D eigenvalue weighted by molar-refractivity contribution is -0.119. The van der Waals surface area contributed by atoms with E-state index in [-0.39, 0.29) is 29.9 Å². The fraction of sp³-hybridized carbons (Fsp3) is 0.542. The van der Waals surface area contributed by atoms with Gasteiger partial charge in [0.05, 0.1) is 11.8 Å². The number of rotatable bonds is 7. The number of nitriles is 1. The monoisotopic (exact) mass is 460 g/mol. The van der Waals surface area contributed by atoms with Crippen LogP contribution in [0.1, 0.15) is 67.5 Å². The lowest BCUT2D eigenvalue weighted by Crippen LogP contribution is -2.48. The number of aryl methyl sites for hydroxylation is 1. The largest absolute Gasteiger partial charge is 0.339 e. The zero-order valence-electron chi connectivity index (χ0n) is 18.2. The van der Waals surface area contributed by atoms with E-state index in [0.29, 0.717) is 16.7 Å². The zero-order chi connectivity index (χ0) is 22.4. The molecule has 4 bridgehead atoms. The Kier molecular flexibility index (Phi) is 5.06. The van der Waals surface area contributed by atoms with Crippen molar-refractivity contribution in [1.29, 1.82) is 5.26 Å². The van der Waals surface area contributed by atoms with Crippen molar-refractivity contribution in [2.75, 3.05) is 0 Å². The number of carbonyl (C=O) groups is 1. The predicted octanol–water partition coefficient (Wildman–Crippen LogP) is 4.26. The van der Waals surface area contributed by atoms with Gasteiger partial charge in [0.1, 0.15) is 5.01 Å². The molecule has 0 aromatic carbocycles. The lowest BCUT2D eigenvalue weighted by Gasteiger charge is -2.56. The highest BCUT2D eigenvalue weighted by molar-refractivity contribution is 7.10. The van der Waals surface area contributed by atoms with Crippen LogP contribution in [0.25, 0.3) is 11.6 Å². The Hall–Kier alpha value is -2.99. The molecule has 4 aliphatic rings. The normalized spacial score (nSPS) is 28.5. The number of aromatic nitrogens is 5. The van der Waals surface area contributed by atoms with Crippen LogP contribution in [0.3, 0.4) is 0 Å². The van der Waals surface area contributed by atoms with Crippen LogP contribution in [-0.2, 0) is 16.6 Å². The SMILES string of the molecule is N#CC(C(=O)CCc1nc(-c2ncccn2)no1)c1nc(C23CC4CC(CC(C4)C2)C3)cs1. The van der Waals surface area contributed by atoms with Crippen molar-refractivity contribution < 1.29 is 9.32 Å².